The quantitative estimate of drug-likeness (QED) is 0.139. The highest BCUT2D eigenvalue weighted by atomic mass is 32.2. The van der Waals surface area contributed by atoms with Crippen LogP contribution in [0.4, 0.5) is 0 Å². The number of nitrogens with zero attached hydrogens (tertiary/aromatic N) is 2. The van der Waals surface area contributed by atoms with E-state index in [0.29, 0.717) is 36.8 Å². The van der Waals surface area contributed by atoms with Crippen LogP contribution < -0.4 is 0 Å². The Hall–Kier alpha value is -2.58. The summed E-state index contributed by atoms with van der Waals surface area (Å²) in [5, 5.41) is 13.3. The van der Waals surface area contributed by atoms with Gasteiger partial charge in [0.15, 0.2) is 0 Å². The third kappa shape index (κ3) is 8.73. The SMILES string of the molecule is CC(C)(C)Cc1c(SC(C)(C)C)[nH]c2c(CN3CC(CCCC(=O)CCCCCN4C(=O)C=CC4=O)C3)c(O)ccc12. The molecular weight excluding hydrogens is 546 g/mol. The fourth-order valence-corrected chi connectivity index (χ4v) is 7.02. The zero-order valence-electron chi connectivity index (χ0n) is 26.3. The molecule has 1 fully saturated rings. The molecule has 0 unspecified atom stereocenters. The molecule has 8 heteroatoms. The number of nitrogens with one attached hydrogen (secondary N) is 1. The zero-order valence-corrected chi connectivity index (χ0v) is 27.2. The van der Waals surface area contributed by atoms with E-state index >= 15 is 0 Å². The van der Waals surface area contributed by atoms with Crippen LogP contribution in [0.3, 0.4) is 0 Å². The van der Waals surface area contributed by atoms with Crippen molar-refractivity contribution in [3.05, 3.63) is 35.4 Å². The van der Waals surface area contributed by atoms with Gasteiger partial charge in [0.1, 0.15) is 11.5 Å². The number of carbonyl (C=O) groups is 3. The first-order valence-corrected chi connectivity index (χ1v) is 16.3. The molecule has 0 atom stereocenters. The van der Waals surface area contributed by atoms with Crippen molar-refractivity contribution in [2.75, 3.05) is 19.6 Å². The number of ketones is 1. The number of hydrogen-bond acceptors (Lipinski definition) is 6. The molecular formula is C34H49N3O4S. The van der Waals surface area contributed by atoms with E-state index in [2.05, 4.69) is 57.5 Å². The van der Waals surface area contributed by atoms with Gasteiger partial charge in [-0.25, -0.2) is 0 Å². The summed E-state index contributed by atoms with van der Waals surface area (Å²) in [5.74, 6) is 0.773. The number of carbonyl (C=O) groups excluding carboxylic acids is 3. The molecule has 2 aliphatic heterocycles. The molecule has 42 heavy (non-hydrogen) atoms. The number of aromatic nitrogens is 1. The summed E-state index contributed by atoms with van der Waals surface area (Å²) in [6, 6.07) is 3.93. The third-order valence-electron chi connectivity index (χ3n) is 7.96. The molecule has 4 rings (SSSR count). The average molecular weight is 596 g/mol. The maximum absolute atomic E-state index is 12.4. The maximum atomic E-state index is 12.4. The van der Waals surface area contributed by atoms with Gasteiger partial charge in [0, 0.05) is 66.9 Å². The zero-order chi connectivity index (χ0) is 30.7. The number of aromatic hydroxyl groups is 1. The molecule has 230 valence electrons. The first kappa shape index (κ1) is 32.3. The van der Waals surface area contributed by atoms with Crippen LogP contribution in [0.25, 0.3) is 10.9 Å². The summed E-state index contributed by atoms with van der Waals surface area (Å²) in [5.41, 5.74) is 3.54. The lowest BCUT2D eigenvalue weighted by atomic mass is 9.87. The van der Waals surface area contributed by atoms with Crippen molar-refractivity contribution in [1.82, 2.24) is 14.8 Å². The van der Waals surface area contributed by atoms with Gasteiger partial charge in [-0.1, -0.05) is 48.0 Å². The molecule has 0 bridgehead atoms. The molecule has 3 heterocycles. The number of benzene rings is 1. The molecule has 2 amide bonds. The molecule has 1 aromatic heterocycles. The normalized spacial score (nSPS) is 16.7. The van der Waals surface area contributed by atoms with E-state index in [0.717, 1.165) is 69.2 Å². The van der Waals surface area contributed by atoms with E-state index in [9.17, 15) is 19.5 Å². The van der Waals surface area contributed by atoms with Gasteiger partial charge < -0.3 is 10.1 Å². The fourth-order valence-electron chi connectivity index (χ4n) is 5.95. The highest BCUT2D eigenvalue weighted by molar-refractivity contribution is 8.00. The molecule has 1 saturated heterocycles. The number of aromatic amines is 1. The Morgan fingerprint density at radius 1 is 0.952 bits per heavy atom. The second-order valence-electron chi connectivity index (χ2n) is 14.3. The summed E-state index contributed by atoms with van der Waals surface area (Å²) < 4.78 is 0.0797. The van der Waals surface area contributed by atoms with Crippen molar-refractivity contribution in [3.63, 3.8) is 0 Å². The number of thioether (sulfide) groups is 1. The highest BCUT2D eigenvalue weighted by Crippen LogP contribution is 2.42. The Bertz CT molecular complexity index is 1310. The standard InChI is InChI=1S/C34H49N3O4S/c1-33(2,3)19-26-25-14-15-28(39)27(31(25)35-32(26)42-34(4,5)6)22-36-20-23(21-36)11-10-13-24(38)12-8-7-9-18-37-29(40)16-17-30(37)41/h14-17,23,35,39H,7-13,18-22H2,1-6H3. The van der Waals surface area contributed by atoms with Crippen molar-refractivity contribution in [2.45, 2.75) is 109 Å². The minimum atomic E-state index is -0.238. The fraction of sp³-hybridized carbons (Fsp3) is 0.618. The van der Waals surface area contributed by atoms with Crippen LogP contribution in [-0.4, -0.2) is 61.9 Å². The van der Waals surface area contributed by atoms with E-state index in [1.165, 1.54) is 33.0 Å². The van der Waals surface area contributed by atoms with E-state index in [1.54, 1.807) is 0 Å². The van der Waals surface area contributed by atoms with Crippen LogP contribution in [-0.2, 0) is 27.3 Å². The number of fused-ring (bicyclic) bond motifs is 1. The first-order chi connectivity index (χ1) is 19.7. The molecule has 2 aliphatic rings. The maximum Gasteiger partial charge on any atom is 0.253 e. The number of hydrogen-bond donors (Lipinski definition) is 2. The minimum absolute atomic E-state index is 0.0797. The lowest BCUT2D eigenvalue weighted by Gasteiger charge is -2.39. The molecule has 0 radical (unpaired) electrons. The van der Waals surface area contributed by atoms with Gasteiger partial charge in [-0.05, 0) is 61.1 Å². The predicted molar refractivity (Wildman–Crippen MR) is 171 cm³/mol. The molecule has 2 N–H and O–H groups in total. The van der Waals surface area contributed by atoms with Crippen LogP contribution >= 0.6 is 11.8 Å². The number of phenolic OH excluding ortho intramolecular Hbond substituents is 1. The van der Waals surface area contributed by atoms with Crippen LogP contribution in [0.5, 0.6) is 5.75 Å². The number of amides is 2. The number of likely N-dealkylation sites (tertiary alicyclic amines) is 1. The minimum Gasteiger partial charge on any atom is -0.508 e. The summed E-state index contributed by atoms with van der Waals surface area (Å²) in [6.07, 6.45) is 9.15. The van der Waals surface area contributed by atoms with Crippen molar-refractivity contribution < 1.29 is 19.5 Å². The van der Waals surface area contributed by atoms with Crippen molar-refractivity contribution >= 4 is 40.3 Å². The number of phenols is 1. The van der Waals surface area contributed by atoms with E-state index in [-0.39, 0.29) is 22.0 Å². The van der Waals surface area contributed by atoms with Crippen LogP contribution in [0.15, 0.2) is 29.3 Å². The molecule has 0 aliphatic carbocycles. The molecule has 0 spiro atoms. The molecule has 0 saturated carbocycles. The van der Waals surface area contributed by atoms with E-state index in [4.69, 9.17) is 0 Å². The highest BCUT2D eigenvalue weighted by Gasteiger charge is 2.29. The molecule has 1 aromatic carbocycles. The van der Waals surface area contributed by atoms with Gasteiger partial charge in [-0.15, -0.1) is 11.8 Å². The lowest BCUT2D eigenvalue weighted by molar-refractivity contribution is -0.136. The average Bonchev–Trinajstić information content (AvgIpc) is 3.34. The van der Waals surface area contributed by atoms with Crippen molar-refractivity contribution in [3.8, 4) is 5.75 Å². The third-order valence-corrected chi connectivity index (χ3v) is 9.13. The summed E-state index contributed by atoms with van der Waals surface area (Å²) in [7, 11) is 0. The smallest absolute Gasteiger partial charge is 0.253 e. The van der Waals surface area contributed by atoms with Gasteiger partial charge in [0.05, 0.1) is 10.5 Å². The number of unbranched alkanes of at least 4 members (excludes halogenated alkanes) is 2. The number of Topliss-reactive ketones (excluding diaryl/α,β-unsaturated/α-hetero) is 1. The summed E-state index contributed by atoms with van der Waals surface area (Å²) in [4.78, 5) is 42.9. The first-order valence-electron chi connectivity index (χ1n) is 15.5. The van der Waals surface area contributed by atoms with Crippen LogP contribution in [0.1, 0.15) is 97.6 Å². The number of imide groups is 1. The van der Waals surface area contributed by atoms with Gasteiger partial charge in [0.25, 0.3) is 11.8 Å². The predicted octanol–water partition coefficient (Wildman–Crippen LogP) is 7.01. The Labute approximate surface area is 255 Å². The number of H-pyrrole nitrogens is 1. The van der Waals surface area contributed by atoms with Gasteiger partial charge >= 0.3 is 0 Å². The Balaban J connectivity index is 1.22. The lowest BCUT2D eigenvalue weighted by Crippen LogP contribution is -2.45. The topological polar surface area (TPSA) is 93.7 Å². The Kier molecular flexibility index (Phi) is 10.3. The second-order valence-corrected chi connectivity index (χ2v) is 16.2. The van der Waals surface area contributed by atoms with E-state index < -0.39 is 0 Å². The van der Waals surface area contributed by atoms with Gasteiger partial charge in [0.2, 0.25) is 0 Å². The number of rotatable bonds is 14. The largest absolute Gasteiger partial charge is 0.508 e. The van der Waals surface area contributed by atoms with E-state index in [1.807, 2.05) is 17.8 Å². The molecule has 7 nitrogen and oxygen atoms in total. The van der Waals surface area contributed by atoms with Gasteiger partial charge in [-0.3, -0.25) is 24.2 Å². The Morgan fingerprint density at radius 2 is 1.62 bits per heavy atom. The molecule has 2 aromatic rings. The second kappa shape index (κ2) is 13.4. The monoisotopic (exact) mass is 595 g/mol. The summed E-state index contributed by atoms with van der Waals surface area (Å²) in [6.45, 7) is 16.7. The van der Waals surface area contributed by atoms with Crippen LogP contribution in [0.2, 0.25) is 0 Å². The van der Waals surface area contributed by atoms with Gasteiger partial charge in [-0.2, -0.15) is 0 Å². The van der Waals surface area contributed by atoms with Crippen LogP contribution in [0, 0.1) is 11.3 Å². The van der Waals surface area contributed by atoms with Crippen molar-refractivity contribution in [2.24, 2.45) is 11.3 Å². The summed E-state index contributed by atoms with van der Waals surface area (Å²) >= 11 is 1.86. The van der Waals surface area contributed by atoms with Crippen molar-refractivity contribution in [1.29, 1.82) is 0 Å². The Morgan fingerprint density at radius 3 is 2.26 bits per heavy atom.